The Morgan fingerprint density at radius 3 is 2.22 bits per heavy atom. The zero-order chi connectivity index (χ0) is 13.1. The molecule has 0 aliphatic carbocycles. The van der Waals surface area contributed by atoms with Gasteiger partial charge in [0.25, 0.3) is 0 Å². The summed E-state index contributed by atoms with van der Waals surface area (Å²) in [6.45, 7) is 1.89. The van der Waals surface area contributed by atoms with Gasteiger partial charge in [0, 0.05) is 24.0 Å². The Hall–Kier alpha value is -2.16. The summed E-state index contributed by atoms with van der Waals surface area (Å²) in [4.78, 5) is 12.7. The van der Waals surface area contributed by atoms with E-state index in [1.807, 2.05) is 31.0 Å². The van der Waals surface area contributed by atoms with Crippen LogP contribution in [0.25, 0.3) is 0 Å². The summed E-state index contributed by atoms with van der Waals surface area (Å²) in [5.74, 6) is -0.250. The highest BCUT2D eigenvalue weighted by atomic mass is 19.1. The number of halogens is 1. The smallest absolute Gasteiger partial charge is 0.150 e. The summed E-state index contributed by atoms with van der Waals surface area (Å²) in [7, 11) is 1.91. The molecule has 0 spiro atoms. The van der Waals surface area contributed by atoms with E-state index in [0.717, 1.165) is 23.2 Å². The van der Waals surface area contributed by atoms with Crippen molar-refractivity contribution in [3.63, 3.8) is 0 Å². The van der Waals surface area contributed by atoms with Crippen molar-refractivity contribution in [2.75, 3.05) is 11.9 Å². The predicted molar refractivity (Wildman–Crippen MR) is 71.0 cm³/mol. The number of carbonyl (C=O) groups is 1. The van der Waals surface area contributed by atoms with E-state index in [2.05, 4.69) is 0 Å². The molecule has 0 radical (unpaired) electrons. The SMILES string of the molecule is Cc1cc(N(C)c2ccc(F)cc2)ccc1C=O. The summed E-state index contributed by atoms with van der Waals surface area (Å²) < 4.78 is 12.9. The fourth-order valence-corrected chi connectivity index (χ4v) is 1.81. The zero-order valence-corrected chi connectivity index (χ0v) is 10.4. The molecule has 2 aromatic rings. The summed E-state index contributed by atoms with van der Waals surface area (Å²) in [5, 5.41) is 0. The maximum absolute atomic E-state index is 12.9. The molecule has 0 bridgehead atoms. The van der Waals surface area contributed by atoms with Gasteiger partial charge in [0.2, 0.25) is 0 Å². The van der Waals surface area contributed by atoms with E-state index in [1.165, 1.54) is 12.1 Å². The number of nitrogens with zero attached hydrogens (tertiary/aromatic N) is 1. The monoisotopic (exact) mass is 243 g/mol. The normalized spacial score (nSPS) is 10.2. The van der Waals surface area contributed by atoms with Crippen molar-refractivity contribution in [2.45, 2.75) is 6.92 Å². The van der Waals surface area contributed by atoms with Gasteiger partial charge in [-0.15, -0.1) is 0 Å². The van der Waals surface area contributed by atoms with Gasteiger partial charge in [0.05, 0.1) is 0 Å². The third-order valence-electron chi connectivity index (χ3n) is 2.98. The summed E-state index contributed by atoms with van der Waals surface area (Å²) in [6.07, 6.45) is 0.844. The van der Waals surface area contributed by atoms with Crippen LogP contribution < -0.4 is 4.90 Å². The Balaban J connectivity index is 2.33. The number of aryl methyl sites for hydroxylation is 1. The zero-order valence-electron chi connectivity index (χ0n) is 10.4. The van der Waals surface area contributed by atoms with Gasteiger partial charge in [-0.3, -0.25) is 4.79 Å². The Morgan fingerprint density at radius 1 is 1.06 bits per heavy atom. The largest absolute Gasteiger partial charge is 0.345 e. The molecule has 0 atom stereocenters. The molecule has 2 aromatic carbocycles. The number of rotatable bonds is 3. The molecule has 0 amide bonds. The Kier molecular flexibility index (Phi) is 3.42. The minimum Gasteiger partial charge on any atom is -0.345 e. The van der Waals surface area contributed by atoms with Crippen LogP contribution in [0.3, 0.4) is 0 Å². The highest BCUT2D eigenvalue weighted by molar-refractivity contribution is 5.79. The highest BCUT2D eigenvalue weighted by Crippen LogP contribution is 2.25. The van der Waals surface area contributed by atoms with Crippen molar-refractivity contribution >= 4 is 17.7 Å². The van der Waals surface area contributed by atoms with Gasteiger partial charge < -0.3 is 4.90 Å². The van der Waals surface area contributed by atoms with E-state index in [9.17, 15) is 9.18 Å². The van der Waals surface area contributed by atoms with E-state index < -0.39 is 0 Å². The molecule has 92 valence electrons. The summed E-state index contributed by atoms with van der Waals surface area (Å²) in [5.41, 5.74) is 3.47. The number of anilines is 2. The maximum Gasteiger partial charge on any atom is 0.150 e. The first-order valence-corrected chi connectivity index (χ1v) is 5.67. The second-order valence-electron chi connectivity index (χ2n) is 4.19. The Morgan fingerprint density at radius 2 is 1.67 bits per heavy atom. The molecule has 0 aliphatic rings. The van der Waals surface area contributed by atoms with Crippen LogP contribution in [0, 0.1) is 12.7 Å². The van der Waals surface area contributed by atoms with Crippen LogP contribution in [0.5, 0.6) is 0 Å². The molecule has 0 unspecified atom stereocenters. The third-order valence-corrected chi connectivity index (χ3v) is 2.98. The average Bonchev–Trinajstić information content (AvgIpc) is 2.38. The van der Waals surface area contributed by atoms with Gasteiger partial charge in [-0.05, 0) is 55.0 Å². The molecule has 3 heteroatoms. The van der Waals surface area contributed by atoms with Crippen molar-refractivity contribution in [1.29, 1.82) is 0 Å². The molecule has 2 nitrogen and oxygen atoms in total. The molecule has 0 heterocycles. The lowest BCUT2D eigenvalue weighted by Gasteiger charge is -2.20. The predicted octanol–water partition coefficient (Wildman–Crippen LogP) is 3.71. The van der Waals surface area contributed by atoms with E-state index in [0.29, 0.717) is 5.56 Å². The number of hydrogen-bond donors (Lipinski definition) is 0. The third kappa shape index (κ3) is 2.40. The number of hydrogen-bond acceptors (Lipinski definition) is 2. The first kappa shape index (κ1) is 12.3. The molecule has 0 N–H and O–H groups in total. The summed E-state index contributed by atoms with van der Waals surface area (Å²) in [6, 6.07) is 11.9. The fraction of sp³-hybridized carbons (Fsp3) is 0.133. The lowest BCUT2D eigenvalue weighted by Crippen LogP contribution is -2.09. The standard InChI is InChI=1S/C15H14FNO/c1-11-9-15(6-3-12(11)10-18)17(2)14-7-4-13(16)5-8-14/h3-10H,1-2H3. The van der Waals surface area contributed by atoms with E-state index in [1.54, 1.807) is 18.2 Å². The maximum atomic E-state index is 12.9. The lowest BCUT2D eigenvalue weighted by atomic mass is 10.1. The van der Waals surface area contributed by atoms with Gasteiger partial charge >= 0.3 is 0 Å². The second kappa shape index (κ2) is 5.00. The van der Waals surface area contributed by atoms with Gasteiger partial charge in [0.15, 0.2) is 0 Å². The van der Waals surface area contributed by atoms with Crippen molar-refractivity contribution in [1.82, 2.24) is 0 Å². The number of aldehydes is 1. The molecular weight excluding hydrogens is 229 g/mol. The topological polar surface area (TPSA) is 20.3 Å². The first-order chi connectivity index (χ1) is 8.61. The van der Waals surface area contributed by atoms with Crippen LogP contribution in [0.2, 0.25) is 0 Å². The van der Waals surface area contributed by atoms with Crippen molar-refractivity contribution in [3.8, 4) is 0 Å². The second-order valence-corrected chi connectivity index (χ2v) is 4.19. The van der Waals surface area contributed by atoms with E-state index in [4.69, 9.17) is 0 Å². The molecule has 0 aromatic heterocycles. The molecule has 2 rings (SSSR count). The van der Waals surface area contributed by atoms with Gasteiger partial charge in [0.1, 0.15) is 12.1 Å². The van der Waals surface area contributed by atoms with Gasteiger partial charge in [-0.2, -0.15) is 0 Å². The minimum atomic E-state index is -0.250. The number of benzene rings is 2. The van der Waals surface area contributed by atoms with Crippen LogP contribution in [-0.2, 0) is 0 Å². The van der Waals surface area contributed by atoms with Crippen LogP contribution in [-0.4, -0.2) is 13.3 Å². The first-order valence-electron chi connectivity index (χ1n) is 5.67. The van der Waals surface area contributed by atoms with E-state index >= 15 is 0 Å². The molecule has 0 saturated heterocycles. The molecular formula is C15H14FNO. The van der Waals surface area contributed by atoms with Crippen molar-refractivity contribution < 1.29 is 9.18 Å². The molecule has 18 heavy (non-hydrogen) atoms. The average molecular weight is 243 g/mol. The van der Waals surface area contributed by atoms with Crippen molar-refractivity contribution in [3.05, 3.63) is 59.4 Å². The van der Waals surface area contributed by atoms with Crippen LogP contribution >= 0.6 is 0 Å². The Bertz CT molecular complexity index is 563. The molecule has 0 fully saturated rings. The van der Waals surface area contributed by atoms with Crippen LogP contribution in [0.1, 0.15) is 15.9 Å². The quantitative estimate of drug-likeness (QED) is 0.766. The van der Waals surface area contributed by atoms with E-state index in [-0.39, 0.29) is 5.82 Å². The number of carbonyl (C=O) groups excluding carboxylic acids is 1. The molecule has 0 aliphatic heterocycles. The Labute approximate surface area is 106 Å². The van der Waals surface area contributed by atoms with Crippen molar-refractivity contribution in [2.24, 2.45) is 0 Å². The van der Waals surface area contributed by atoms with Gasteiger partial charge in [-0.1, -0.05) is 0 Å². The summed E-state index contributed by atoms with van der Waals surface area (Å²) >= 11 is 0. The molecule has 0 saturated carbocycles. The fourth-order valence-electron chi connectivity index (χ4n) is 1.81. The highest BCUT2D eigenvalue weighted by Gasteiger charge is 2.06. The lowest BCUT2D eigenvalue weighted by molar-refractivity contribution is 0.112. The minimum absolute atomic E-state index is 0.250. The van der Waals surface area contributed by atoms with Crippen LogP contribution in [0.15, 0.2) is 42.5 Å². The van der Waals surface area contributed by atoms with Crippen LogP contribution in [0.4, 0.5) is 15.8 Å². The van der Waals surface area contributed by atoms with Gasteiger partial charge in [-0.25, -0.2) is 4.39 Å².